The Hall–Kier alpha value is -4.66. The molecule has 1 saturated heterocycles. The summed E-state index contributed by atoms with van der Waals surface area (Å²) in [5.74, 6) is 0.256. The SMILES string of the molecule is CC(C)(C)OC(=O)N1CCC(c2ncc(Nc3ccc(OCc4ccccc4)nc3OCc3ccccc3)cc2F)CC1. The number of rotatable bonds is 9. The van der Waals surface area contributed by atoms with Crippen LogP contribution in [0.1, 0.15) is 56.4 Å². The Morgan fingerprint density at radius 3 is 2.16 bits per heavy atom. The molecule has 0 unspecified atom stereocenters. The van der Waals surface area contributed by atoms with Gasteiger partial charge in [0.25, 0.3) is 0 Å². The molecule has 8 nitrogen and oxygen atoms in total. The topological polar surface area (TPSA) is 85.8 Å². The van der Waals surface area contributed by atoms with E-state index >= 15 is 4.39 Å². The molecule has 1 amide bonds. The van der Waals surface area contributed by atoms with Crippen LogP contribution in [0.4, 0.5) is 20.6 Å². The van der Waals surface area contributed by atoms with Crippen LogP contribution in [0.2, 0.25) is 0 Å². The van der Waals surface area contributed by atoms with Gasteiger partial charge in [0.15, 0.2) is 0 Å². The molecule has 0 saturated carbocycles. The lowest BCUT2D eigenvalue weighted by Crippen LogP contribution is -2.41. The number of halogens is 1. The highest BCUT2D eigenvalue weighted by Gasteiger charge is 2.29. The second kappa shape index (κ2) is 13.5. The number of piperidine rings is 1. The number of likely N-dealkylation sites (tertiary alicyclic amines) is 1. The van der Waals surface area contributed by atoms with E-state index in [4.69, 9.17) is 14.2 Å². The van der Waals surface area contributed by atoms with E-state index in [1.165, 1.54) is 6.07 Å². The molecule has 2 aromatic carbocycles. The van der Waals surface area contributed by atoms with Crippen molar-refractivity contribution in [2.75, 3.05) is 18.4 Å². The summed E-state index contributed by atoms with van der Waals surface area (Å²) in [6.45, 7) is 7.18. The Bertz CT molecular complexity index is 1500. The van der Waals surface area contributed by atoms with Crippen molar-refractivity contribution in [3.63, 3.8) is 0 Å². The predicted molar refractivity (Wildman–Crippen MR) is 163 cm³/mol. The molecule has 43 heavy (non-hydrogen) atoms. The van der Waals surface area contributed by atoms with E-state index in [1.54, 1.807) is 23.2 Å². The third kappa shape index (κ3) is 8.44. The zero-order valence-electron chi connectivity index (χ0n) is 24.8. The van der Waals surface area contributed by atoms with Gasteiger partial charge in [-0.25, -0.2) is 9.18 Å². The van der Waals surface area contributed by atoms with Crippen LogP contribution in [0.25, 0.3) is 0 Å². The van der Waals surface area contributed by atoms with Gasteiger partial charge < -0.3 is 24.4 Å². The number of hydrogen-bond acceptors (Lipinski definition) is 7. The van der Waals surface area contributed by atoms with Crippen molar-refractivity contribution in [3.8, 4) is 11.8 Å². The molecule has 0 aliphatic carbocycles. The van der Waals surface area contributed by atoms with Gasteiger partial charge >= 0.3 is 6.09 Å². The fourth-order valence-corrected chi connectivity index (χ4v) is 4.80. The van der Waals surface area contributed by atoms with Gasteiger partial charge in [0.2, 0.25) is 11.8 Å². The summed E-state index contributed by atoms with van der Waals surface area (Å²) >= 11 is 0. The normalized spacial score (nSPS) is 13.8. The van der Waals surface area contributed by atoms with Crippen LogP contribution in [-0.4, -0.2) is 39.7 Å². The number of carbonyl (C=O) groups is 1. The van der Waals surface area contributed by atoms with Gasteiger partial charge in [-0.15, -0.1) is 0 Å². The fourth-order valence-electron chi connectivity index (χ4n) is 4.80. The molecule has 1 aliphatic rings. The molecule has 3 heterocycles. The second-order valence-corrected chi connectivity index (χ2v) is 11.5. The Labute approximate surface area is 251 Å². The van der Waals surface area contributed by atoms with Crippen molar-refractivity contribution in [1.82, 2.24) is 14.9 Å². The van der Waals surface area contributed by atoms with E-state index in [1.807, 2.05) is 81.4 Å². The number of amides is 1. The van der Waals surface area contributed by atoms with E-state index in [9.17, 15) is 4.79 Å². The quantitative estimate of drug-likeness (QED) is 0.216. The lowest BCUT2D eigenvalue weighted by Gasteiger charge is -2.33. The maximum Gasteiger partial charge on any atom is 0.410 e. The maximum absolute atomic E-state index is 15.3. The number of aromatic nitrogens is 2. The van der Waals surface area contributed by atoms with Crippen molar-refractivity contribution >= 4 is 17.5 Å². The van der Waals surface area contributed by atoms with Crippen molar-refractivity contribution in [1.29, 1.82) is 0 Å². The number of nitrogens with zero attached hydrogens (tertiary/aromatic N) is 3. The Morgan fingerprint density at radius 1 is 0.930 bits per heavy atom. The summed E-state index contributed by atoms with van der Waals surface area (Å²) in [6, 6.07) is 24.6. The Kier molecular flexibility index (Phi) is 9.39. The number of hydrogen-bond donors (Lipinski definition) is 1. The first-order valence-electron chi connectivity index (χ1n) is 14.5. The average molecular weight is 585 g/mol. The van der Waals surface area contributed by atoms with Crippen molar-refractivity contribution in [2.24, 2.45) is 0 Å². The molecular weight excluding hydrogens is 547 g/mol. The lowest BCUT2D eigenvalue weighted by molar-refractivity contribution is 0.0203. The molecule has 4 aromatic rings. The number of anilines is 2. The largest absolute Gasteiger partial charge is 0.473 e. The van der Waals surface area contributed by atoms with Crippen LogP contribution < -0.4 is 14.8 Å². The van der Waals surface area contributed by atoms with E-state index in [-0.39, 0.29) is 12.0 Å². The molecule has 224 valence electrons. The van der Waals surface area contributed by atoms with Gasteiger partial charge in [0, 0.05) is 31.1 Å². The molecule has 5 rings (SSSR count). The maximum atomic E-state index is 15.3. The molecule has 1 N–H and O–H groups in total. The van der Waals surface area contributed by atoms with E-state index < -0.39 is 11.4 Å². The number of nitrogens with one attached hydrogen (secondary N) is 1. The minimum Gasteiger partial charge on any atom is -0.473 e. The van der Waals surface area contributed by atoms with Gasteiger partial charge in [-0.2, -0.15) is 4.98 Å². The van der Waals surface area contributed by atoms with E-state index in [2.05, 4.69) is 15.3 Å². The summed E-state index contributed by atoms with van der Waals surface area (Å²) in [6.07, 6.45) is 2.50. The third-order valence-corrected chi connectivity index (χ3v) is 6.96. The van der Waals surface area contributed by atoms with Gasteiger partial charge in [-0.05, 0) is 50.8 Å². The smallest absolute Gasteiger partial charge is 0.410 e. The van der Waals surface area contributed by atoms with Crippen LogP contribution in [0.5, 0.6) is 11.8 Å². The van der Waals surface area contributed by atoms with Gasteiger partial charge in [-0.1, -0.05) is 60.7 Å². The number of ether oxygens (including phenoxy) is 3. The Balaban J connectivity index is 1.27. The van der Waals surface area contributed by atoms with Crippen LogP contribution in [-0.2, 0) is 18.0 Å². The lowest BCUT2D eigenvalue weighted by atomic mass is 9.93. The highest BCUT2D eigenvalue weighted by atomic mass is 19.1. The minimum atomic E-state index is -0.554. The molecule has 0 radical (unpaired) electrons. The fraction of sp³-hybridized carbons (Fsp3) is 0.324. The summed E-state index contributed by atoms with van der Waals surface area (Å²) in [5.41, 5.74) is 2.88. The van der Waals surface area contributed by atoms with Crippen molar-refractivity contribution < 1.29 is 23.4 Å². The first-order valence-corrected chi connectivity index (χ1v) is 14.5. The summed E-state index contributed by atoms with van der Waals surface area (Å²) in [7, 11) is 0. The molecule has 1 fully saturated rings. The van der Waals surface area contributed by atoms with E-state index in [0.29, 0.717) is 68.0 Å². The highest BCUT2D eigenvalue weighted by Crippen LogP contribution is 2.33. The van der Waals surface area contributed by atoms with Crippen LogP contribution in [0.15, 0.2) is 85.1 Å². The molecule has 1 aliphatic heterocycles. The number of benzene rings is 2. The molecule has 0 spiro atoms. The third-order valence-electron chi connectivity index (χ3n) is 6.96. The predicted octanol–water partition coefficient (Wildman–Crippen LogP) is 7.63. The molecule has 0 bridgehead atoms. The molecular formula is C34H37FN4O4. The zero-order valence-corrected chi connectivity index (χ0v) is 24.8. The molecule has 9 heteroatoms. The van der Waals surface area contributed by atoms with Crippen molar-refractivity contribution in [3.05, 3.63) is 108 Å². The average Bonchev–Trinajstić information content (AvgIpc) is 3.00. The zero-order chi connectivity index (χ0) is 30.2. The van der Waals surface area contributed by atoms with Gasteiger partial charge in [0.05, 0.1) is 17.6 Å². The molecule has 0 atom stereocenters. The monoisotopic (exact) mass is 584 g/mol. The van der Waals surface area contributed by atoms with Crippen molar-refractivity contribution in [2.45, 2.75) is 58.3 Å². The standard InChI is InChI=1S/C34H37FN4O4/c1-34(2,3)43-33(40)39-18-16-26(17-19-39)31-28(35)20-27(21-36-31)37-29-14-15-30(41-22-24-10-6-4-7-11-24)38-32(29)42-23-25-12-8-5-9-13-25/h4-15,20-21,26,37H,16-19,22-23H2,1-3H3. The van der Waals surface area contributed by atoms with Crippen LogP contribution in [0.3, 0.4) is 0 Å². The van der Waals surface area contributed by atoms with Crippen LogP contribution >= 0.6 is 0 Å². The summed E-state index contributed by atoms with van der Waals surface area (Å²) in [4.78, 5) is 23.1. The first kappa shape index (κ1) is 29.8. The number of pyridine rings is 2. The summed E-state index contributed by atoms with van der Waals surface area (Å²) in [5, 5.41) is 3.21. The van der Waals surface area contributed by atoms with Crippen LogP contribution in [0, 0.1) is 5.82 Å². The minimum absolute atomic E-state index is 0.0831. The van der Waals surface area contributed by atoms with Gasteiger partial charge in [-0.3, -0.25) is 4.98 Å². The first-order chi connectivity index (χ1) is 20.7. The second-order valence-electron chi connectivity index (χ2n) is 11.5. The summed E-state index contributed by atoms with van der Waals surface area (Å²) < 4.78 is 32.8. The van der Waals surface area contributed by atoms with E-state index in [0.717, 1.165) is 11.1 Å². The number of carbonyl (C=O) groups excluding carboxylic acids is 1. The Morgan fingerprint density at radius 2 is 1.56 bits per heavy atom. The highest BCUT2D eigenvalue weighted by molar-refractivity contribution is 5.68. The van der Waals surface area contributed by atoms with Gasteiger partial charge in [0.1, 0.15) is 30.3 Å². The molecule has 2 aromatic heterocycles.